The standard InChI is InChI=1S/C26H27N3O3S/c1-16-6-3-7-18(14-16)24-23(28-17(2)33-24)26(31)29-12-11-19(29)15-27-25(30)21-8-4-10-22-20(21)9-5-13-32-22/h3-4,6-8,10,14,19H,5,9,11-13,15H2,1-2H3,(H,27,30)/t19-/m1/s1. The summed E-state index contributed by atoms with van der Waals surface area (Å²) in [5, 5.41) is 3.91. The van der Waals surface area contributed by atoms with Gasteiger partial charge in [-0.3, -0.25) is 9.59 Å². The molecule has 5 rings (SSSR count). The van der Waals surface area contributed by atoms with Gasteiger partial charge in [0.15, 0.2) is 0 Å². The van der Waals surface area contributed by atoms with Crippen molar-refractivity contribution in [3.05, 3.63) is 69.9 Å². The molecule has 0 radical (unpaired) electrons. The Balaban J connectivity index is 1.28. The Bertz CT molecular complexity index is 1220. The van der Waals surface area contributed by atoms with Crippen molar-refractivity contribution in [2.45, 2.75) is 39.2 Å². The number of fused-ring (bicyclic) bond motifs is 1. The molecule has 1 aromatic heterocycles. The van der Waals surface area contributed by atoms with Crippen molar-refractivity contribution in [1.29, 1.82) is 0 Å². The van der Waals surface area contributed by atoms with E-state index in [1.807, 2.05) is 55.1 Å². The number of hydrogen-bond donors (Lipinski definition) is 1. The predicted octanol–water partition coefficient (Wildman–Crippen LogP) is 4.40. The van der Waals surface area contributed by atoms with Crippen LogP contribution < -0.4 is 10.1 Å². The minimum Gasteiger partial charge on any atom is -0.493 e. The zero-order chi connectivity index (χ0) is 22.9. The minimum absolute atomic E-state index is 0.0235. The second-order valence-electron chi connectivity index (χ2n) is 8.67. The van der Waals surface area contributed by atoms with Crippen LogP contribution >= 0.6 is 11.3 Å². The molecule has 1 N–H and O–H groups in total. The topological polar surface area (TPSA) is 71.5 Å². The van der Waals surface area contributed by atoms with Crippen LogP contribution in [-0.2, 0) is 6.42 Å². The molecular weight excluding hydrogens is 434 g/mol. The number of likely N-dealkylation sites (tertiary alicyclic amines) is 1. The van der Waals surface area contributed by atoms with Crippen LogP contribution in [0, 0.1) is 13.8 Å². The third-order valence-electron chi connectivity index (χ3n) is 6.33. The number of hydrogen-bond acceptors (Lipinski definition) is 5. The zero-order valence-electron chi connectivity index (χ0n) is 18.9. The second-order valence-corrected chi connectivity index (χ2v) is 9.87. The summed E-state index contributed by atoms with van der Waals surface area (Å²) >= 11 is 1.55. The van der Waals surface area contributed by atoms with Crippen molar-refractivity contribution in [3.63, 3.8) is 0 Å². The fourth-order valence-corrected chi connectivity index (χ4v) is 5.43. The van der Waals surface area contributed by atoms with Gasteiger partial charge in [-0.15, -0.1) is 11.3 Å². The Morgan fingerprint density at radius 3 is 2.85 bits per heavy atom. The number of aromatic nitrogens is 1. The molecule has 0 saturated carbocycles. The molecule has 1 fully saturated rings. The van der Waals surface area contributed by atoms with Crippen LogP contribution in [0.2, 0.25) is 0 Å². The van der Waals surface area contributed by atoms with Crippen molar-refractivity contribution in [1.82, 2.24) is 15.2 Å². The van der Waals surface area contributed by atoms with Gasteiger partial charge in [0.1, 0.15) is 11.4 Å². The number of aryl methyl sites for hydroxylation is 2. The molecule has 6 nitrogen and oxygen atoms in total. The Labute approximate surface area is 197 Å². The lowest BCUT2D eigenvalue weighted by molar-refractivity contribution is 0.0451. The first-order valence-corrected chi connectivity index (χ1v) is 12.2. The summed E-state index contributed by atoms with van der Waals surface area (Å²) in [4.78, 5) is 33.6. The van der Waals surface area contributed by atoms with E-state index in [0.29, 0.717) is 31.0 Å². The van der Waals surface area contributed by atoms with E-state index in [0.717, 1.165) is 51.6 Å². The van der Waals surface area contributed by atoms with Gasteiger partial charge in [-0.05, 0) is 50.8 Å². The van der Waals surface area contributed by atoms with Crippen LogP contribution in [0.4, 0.5) is 0 Å². The molecule has 0 unspecified atom stereocenters. The molecule has 7 heteroatoms. The van der Waals surface area contributed by atoms with E-state index in [4.69, 9.17) is 4.74 Å². The number of amides is 2. The number of nitrogens with zero attached hydrogens (tertiary/aromatic N) is 2. The first kappa shape index (κ1) is 21.6. The molecule has 2 amide bonds. The van der Waals surface area contributed by atoms with Crippen LogP contribution in [0.5, 0.6) is 5.75 Å². The van der Waals surface area contributed by atoms with Gasteiger partial charge in [0.2, 0.25) is 0 Å². The number of rotatable bonds is 5. The highest BCUT2D eigenvalue weighted by Crippen LogP contribution is 2.33. The third-order valence-corrected chi connectivity index (χ3v) is 7.35. The van der Waals surface area contributed by atoms with Gasteiger partial charge in [-0.2, -0.15) is 0 Å². The Morgan fingerprint density at radius 2 is 2.06 bits per heavy atom. The van der Waals surface area contributed by atoms with Gasteiger partial charge >= 0.3 is 0 Å². The van der Waals surface area contributed by atoms with E-state index in [-0.39, 0.29) is 17.9 Å². The second kappa shape index (κ2) is 8.98. The molecule has 0 spiro atoms. The van der Waals surface area contributed by atoms with E-state index in [1.165, 1.54) is 0 Å². The molecule has 0 aliphatic carbocycles. The average molecular weight is 462 g/mol. The quantitative estimate of drug-likeness (QED) is 0.612. The third kappa shape index (κ3) is 4.25. The Hall–Kier alpha value is -3.19. The summed E-state index contributed by atoms with van der Waals surface area (Å²) in [5.74, 6) is 0.630. The summed E-state index contributed by atoms with van der Waals surface area (Å²) in [6.45, 7) is 5.77. The zero-order valence-corrected chi connectivity index (χ0v) is 19.7. The van der Waals surface area contributed by atoms with E-state index >= 15 is 0 Å². The molecule has 2 aliphatic heterocycles. The molecule has 2 aliphatic rings. The fraction of sp³-hybridized carbons (Fsp3) is 0.346. The number of carbonyl (C=O) groups is 2. The highest BCUT2D eigenvalue weighted by Gasteiger charge is 2.35. The number of nitrogens with one attached hydrogen (secondary N) is 1. The largest absolute Gasteiger partial charge is 0.493 e. The lowest BCUT2D eigenvalue weighted by atomic mass is 9.98. The summed E-state index contributed by atoms with van der Waals surface area (Å²) < 4.78 is 5.69. The lowest BCUT2D eigenvalue weighted by Crippen LogP contribution is -2.56. The van der Waals surface area contributed by atoms with Crippen LogP contribution in [0.25, 0.3) is 10.4 Å². The summed E-state index contributed by atoms with van der Waals surface area (Å²) in [5.41, 5.74) is 4.32. The molecule has 3 heterocycles. The van der Waals surface area contributed by atoms with E-state index in [2.05, 4.69) is 16.4 Å². The Kier molecular flexibility index (Phi) is 5.89. The SMILES string of the molecule is Cc1cccc(-c2sc(C)nc2C(=O)N2CC[C@@H]2CNC(=O)c2cccc3c2CCCO3)c1. The van der Waals surface area contributed by atoms with Gasteiger partial charge in [-0.1, -0.05) is 35.9 Å². The van der Waals surface area contributed by atoms with Gasteiger partial charge in [0.25, 0.3) is 11.8 Å². The summed E-state index contributed by atoms with van der Waals surface area (Å²) in [6.07, 6.45) is 2.63. The molecule has 1 saturated heterocycles. The Morgan fingerprint density at radius 1 is 1.21 bits per heavy atom. The monoisotopic (exact) mass is 461 g/mol. The van der Waals surface area contributed by atoms with Gasteiger partial charge in [0.05, 0.1) is 22.5 Å². The predicted molar refractivity (Wildman–Crippen MR) is 129 cm³/mol. The van der Waals surface area contributed by atoms with Crippen LogP contribution in [0.3, 0.4) is 0 Å². The van der Waals surface area contributed by atoms with E-state index in [9.17, 15) is 9.59 Å². The van der Waals surface area contributed by atoms with Crippen LogP contribution in [-0.4, -0.2) is 47.4 Å². The highest BCUT2D eigenvalue weighted by molar-refractivity contribution is 7.15. The van der Waals surface area contributed by atoms with Crippen molar-refractivity contribution in [2.24, 2.45) is 0 Å². The lowest BCUT2D eigenvalue weighted by Gasteiger charge is -2.40. The molecule has 1 atom stereocenters. The van der Waals surface area contributed by atoms with E-state index < -0.39 is 0 Å². The molecule has 2 aromatic carbocycles. The number of thiazole rings is 1. The molecule has 3 aromatic rings. The van der Waals surface area contributed by atoms with Crippen molar-refractivity contribution in [3.8, 4) is 16.2 Å². The number of benzene rings is 2. The fourth-order valence-electron chi connectivity index (χ4n) is 4.52. The number of ether oxygens (including phenoxy) is 1. The highest BCUT2D eigenvalue weighted by atomic mass is 32.1. The first-order valence-electron chi connectivity index (χ1n) is 11.4. The molecule has 170 valence electrons. The van der Waals surface area contributed by atoms with Crippen molar-refractivity contribution >= 4 is 23.2 Å². The normalized spacial score (nSPS) is 17.0. The van der Waals surface area contributed by atoms with Gasteiger partial charge < -0.3 is 15.0 Å². The summed E-state index contributed by atoms with van der Waals surface area (Å²) in [7, 11) is 0. The smallest absolute Gasteiger partial charge is 0.274 e. The van der Waals surface area contributed by atoms with Crippen molar-refractivity contribution in [2.75, 3.05) is 19.7 Å². The number of carbonyl (C=O) groups excluding carboxylic acids is 2. The van der Waals surface area contributed by atoms with Crippen molar-refractivity contribution < 1.29 is 14.3 Å². The van der Waals surface area contributed by atoms with Gasteiger partial charge in [0, 0.05) is 24.2 Å². The maximum Gasteiger partial charge on any atom is 0.274 e. The molecule has 0 bridgehead atoms. The maximum absolute atomic E-state index is 13.4. The van der Waals surface area contributed by atoms with E-state index in [1.54, 1.807) is 11.3 Å². The minimum atomic E-state index is -0.110. The first-order chi connectivity index (χ1) is 16.0. The summed E-state index contributed by atoms with van der Waals surface area (Å²) in [6, 6.07) is 13.8. The van der Waals surface area contributed by atoms with Gasteiger partial charge in [-0.25, -0.2) is 4.98 Å². The van der Waals surface area contributed by atoms with Crippen LogP contribution in [0.1, 0.15) is 49.8 Å². The molecule has 33 heavy (non-hydrogen) atoms. The molecular formula is C26H27N3O3S. The van der Waals surface area contributed by atoms with Crippen LogP contribution in [0.15, 0.2) is 42.5 Å². The average Bonchev–Trinajstić information content (AvgIpc) is 3.20. The maximum atomic E-state index is 13.4.